The fourth-order valence-electron chi connectivity index (χ4n) is 4.28. The predicted octanol–water partition coefficient (Wildman–Crippen LogP) is 2.58. The molecule has 170 valence electrons. The van der Waals surface area contributed by atoms with Gasteiger partial charge in [-0.3, -0.25) is 9.89 Å². The zero-order valence-electron chi connectivity index (χ0n) is 18.3. The number of anilines is 1. The second-order valence-electron chi connectivity index (χ2n) is 8.11. The van der Waals surface area contributed by atoms with Gasteiger partial charge < -0.3 is 20.4 Å². The highest BCUT2D eigenvalue weighted by Crippen LogP contribution is 2.24. The molecule has 1 unspecified atom stereocenters. The molecule has 2 N–H and O–H groups in total. The number of thiazole rings is 1. The zero-order valence-corrected chi connectivity index (χ0v) is 21.4. The van der Waals surface area contributed by atoms with Crippen LogP contribution < -0.4 is 10.6 Å². The average Bonchev–Trinajstić information content (AvgIpc) is 3.33. The molecule has 2 fully saturated rings. The van der Waals surface area contributed by atoms with Crippen LogP contribution in [-0.4, -0.2) is 91.6 Å². The molecule has 2 saturated heterocycles. The van der Waals surface area contributed by atoms with Gasteiger partial charge in [-0.1, -0.05) is 30.3 Å². The largest absolute Gasteiger partial charge is 0.370 e. The lowest BCUT2D eigenvalue weighted by Gasteiger charge is -2.40. The van der Waals surface area contributed by atoms with Crippen molar-refractivity contribution in [2.24, 2.45) is 10.7 Å². The van der Waals surface area contributed by atoms with E-state index >= 15 is 0 Å². The Morgan fingerprint density at radius 1 is 1.13 bits per heavy atom. The van der Waals surface area contributed by atoms with Crippen molar-refractivity contribution in [1.29, 1.82) is 0 Å². The molecule has 0 aliphatic carbocycles. The standard InChI is InChI=1S/C22H33N7S.HI/c1-26-11-12-27(20(18-26)19-6-3-2-4-7-19)10-5-8-24-21(23)28-13-15-29(16-14-28)22-25-9-17-30-22;/h2-4,6-7,9,17,20H,5,8,10-16,18H2,1H3,(H2,23,24);1H. The third kappa shape index (κ3) is 6.53. The van der Waals surface area contributed by atoms with Gasteiger partial charge >= 0.3 is 0 Å². The minimum atomic E-state index is 0. The fraction of sp³-hybridized carbons (Fsp3) is 0.545. The summed E-state index contributed by atoms with van der Waals surface area (Å²) in [6, 6.07) is 11.3. The molecule has 2 aromatic rings. The number of rotatable bonds is 6. The number of hydrogen-bond acceptors (Lipinski definition) is 6. The lowest BCUT2D eigenvalue weighted by molar-refractivity contribution is 0.0894. The second kappa shape index (κ2) is 12.0. The fourth-order valence-corrected chi connectivity index (χ4v) is 4.98. The average molecular weight is 556 g/mol. The predicted molar refractivity (Wildman–Crippen MR) is 141 cm³/mol. The van der Waals surface area contributed by atoms with E-state index in [4.69, 9.17) is 5.73 Å². The van der Waals surface area contributed by atoms with Crippen LogP contribution in [-0.2, 0) is 0 Å². The third-order valence-corrected chi connectivity index (χ3v) is 6.88. The molecular weight excluding hydrogens is 521 g/mol. The number of piperazine rings is 2. The molecule has 1 aromatic heterocycles. The van der Waals surface area contributed by atoms with Gasteiger partial charge in [0.05, 0.1) is 0 Å². The number of benzene rings is 1. The Bertz CT molecular complexity index is 793. The zero-order chi connectivity index (χ0) is 20.8. The molecular formula is C22H34IN7S. The minimum Gasteiger partial charge on any atom is -0.370 e. The summed E-state index contributed by atoms with van der Waals surface area (Å²) < 4.78 is 0. The number of aliphatic imine (C=N–C) groups is 1. The Labute approximate surface area is 206 Å². The van der Waals surface area contributed by atoms with E-state index in [1.165, 1.54) is 5.56 Å². The Balaban J connectivity index is 0.00000272. The Morgan fingerprint density at radius 3 is 2.61 bits per heavy atom. The molecule has 3 heterocycles. The van der Waals surface area contributed by atoms with Crippen molar-refractivity contribution in [3.63, 3.8) is 0 Å². The van der Waals surface area contributed by atoms with Crippen molar-refractivity contribution in [2.75, 3.05) is 70.9 Å². The number of nitrogens with zero attached hydrogens (tertiary/aromatic N) is 6. The molecule has 0 bridgehead atoms. The molecule has 0 radical (unpaired) electrons. The van der Waals surface area contributed by atoms with E-state index in [1.54, 1.807) is 11.3 Å². The van der Waals surface area contributed by atoms with E-state index in [0.29, 0.717) is 12.0 Å². The maximum Gasteiger partial charge on any atom is 0.191 e. The maximum absolute atomic E-state index is 6.29. The van der Waals surface area contributed by atoms with Gasteiger partial charge in [0.15, 0.2) is 11.1 Å². The van der Waals surface area contributed by atoms with Gasteiger partial charge in [0.25, 0.3) is 0 Å². The molecule has 2 aliphatic rings. The van der Waals surface area contributed by atoms with E-state index in [9.17, 15) is 0 Å². The third-order valence-electron chi connectivity index (χ3n) is 6.05. The number of halogens is 1. The first-order valence-corrected chi connectivity index (χ1v) is 11.8. The number of aromatic nitrogens is 1. The summed E-state index contributed by atoms with van der Waals surface area (Å²) >= 11 is 1.70. The summed E-state index contributed by atoms with van der Waals surface area (Å²) in [5.74, 6) is 0.687. The monoisotopic (exact) mass is 555 g/mol. The molecule has 7 nitrogen and oxygen atoms in total. The van der Waals surface area contributed by atoms with Crippen LogP contribution in [0.4, 0.5) is 5.13 Å². The molecule has 2 aliphatic heterocycles. The Kier molecular flexibility index (Phi) is 9.36. The molecule has 0 saturated carbocycles. The Morgan fingerprint density at radius 2 is 1.90 bits per heavy atom. The number of hydrogen-bond donors (Lipinski definition) is 1. The van der Waals surface area contributed by atoms with E-state index < -0.39 is 0 Å². The molecule has 1 aromatic carbocycles. The van der Waals surface area contributed by atoms with Gasteiger partial charge in [0.2, 0.25) is 0 Å². The number of nitrogens with two attached hydrogens (primary N) is 1. The van der Waals surface area contributed by atoms with E-state index in [0.717, 1.165) is 70.5 Å². The molecule has 0 amide bonds. The van der Waals surface area contributed by atoms with Gasteiger partial charge in [-0.2, -0.15) is 0 Å². The lowest BCUT2D eigenvalue weighted by Crippen LogP contribution is -2.51. The summed E-state index contributed by atoms with van der Waals surface area (Å²) in [6.07, 6.45) is 2.90. The van der Waals surface area contributed by atoms with Crippen LogP contribution in [0.3, 0.4) is 0 Å². The van der Waals surface area contributed by atoms with Gasteiger partial charge in [-0.15, -0.1) is 35.3 Å². The molecule has 31 heavy (non-hydrogen) atoms. The highest BCUT2D eigenvalue weighted by Gasteiger charge is 2.26. The summed E-state index contributed by atoms with van der Waals surface area (Å²) in [5.41, 5.74) is 7.70. The number of guanidine groups is 1. The Hall–Kier alpha value is -1.43. The van der Waals surface area contributed by atoms with Crippen LogP contribution >= 0.6 is 35.3 Å². The summed E-state index contributed by atoms with van der Waals surface area (Å²) in [7, 11) is 2.21. The first kappa shape index (κ1) is 24.2. The van der Waals surface area contributed by atoms with Crippen molar-refractivity contribution < 1.29 is 0 Å². The molecule has 9 heteroatoms. The number of likely N-dealkylation sites (N-methyl/N-ethyl adjacent to an activating group) is 1. The van der Waals surface area contributed by atoms with E-state index in [2.05, 4.69) is 67.0 Å². The minimum absolute atomic E-state index is 0. The summed E-state index contributed by atoms with van der Waals surface area (Å²) in [4.78, 5) is 18.6. The lowest BCUT2D eigenvalue weighted by atomic mass is 10.0. The van der Waals surface area contributed by atoms with Crippen molar-refractivity contribution in [3.8, 4) is 0 Å². The van der Waals surface area contributed by atoms with Crippen molar-refractivity contribution >= 4 is 46.4 Å². The van der Waals surface area contributed by atoms with Crippen LogP contribution in [0.15, 0.2) is 46.9 Å². The smallest absolute Gasteiger partial charge is 0.191 e. The highest BCUT2D eigenvalue weighted by molar-refractivity contribution is 14.0. The quantitative estimate of drug-likeness (QED) is 0.256. The maximum atomic E-state index is 6.29. The van der Waals surface area contributed by atoms with Gasteiger partial charge in [0, 0.05) is 76.5 Å². The normalized spacial score (nSPS) is 21.2. The van der Waals surface area contributed by atoms with Crippen LogP contribution in [0.1, 0.15) is 18.0 Å². The summed E-state index contributed by atoms with van der Waals surface area (Å²) in [6.45, 7) is 8.86. The van der Waals surface area contributed by atoms with Gasteiger partial charge in [-0.05, 0) is 19.0 Å². The summed E-state index contributed by atoms with van der Waals surface area (Å²) in [5, 5.41) is 3.13. The van der Waals surface area contributed by atoms with Crippen molar-refractivity contribution in [1.82, 2.24) is 19.7 Å². The van der Waals surface area contributed by atoms with Crippen molar-refractivity contribution in [3.05, 3.63) is 47.5 Å². The SMILES string of the molecule is CN1CCN(CCCN=C(N)N2CCN(c3nccs3)CC2)C(c2ccccc2)C1.I. The van der Waals surface area contributed by atoms with Crippen molar-refractivity contribution in [2.45, 2.75) is 12.5 Å². The first-order chi connectivity index (χ1) is 14.7. The molecule has 4 rings (SSSR count). The van der Waals surface area contributed by atoms with Crippen LogP contribution in [0.25, 0.3) is 0 Å². The topological polar surface area (TPSA) is 64.2 Å². The molecule has 1 atom stereocenters. The van der Waals surface area contributed by atoms with Crippen LogP contribution in [0.2, 0.25) is 0 Å². The molecule has 0 spiro atoms. The van der Waals surface area contributed by atoms with E-state index in [-0.39, 0.29) is 24.0 Å². The second-order valence-corrected chi connectivity index (χ2v) is 8.98. The van der Waals surface area contributed by atoms with Gasteiger partial charge in [-0.25, -0.2) is 4.98 Å². The van der Waals surface area contributed by atoms with Crippen LogP contribution in [0, 0.1) is 0 Å². The van der Waals surface area contributed by atoms with Gasteiger partial charge in [0.1, 0.15) is 0 Å². The highest BCUT2D eigenvalue weighted by atomic mass is 127. The van der Waals surface area contributed by atoms with Crippen LogP contribution in [0.5, 0.6) is 0 Å². The first-order valence-electron chi connectivity index (χ1n) is 10.9. The van der Waals surface area contributed by atoms with E-state index in [1.807, 2.05) is 11.6 Å².